The number of rotatable bonds is 8. The summed E-state index contributed by atoms with van der Waals surface area (Å²) in [6.07, 6.45) is 2.33. The molecular weight excluding hydrogens is 609 g/mol. The van der Waals surface area contributed by atoms with E-state index in [0.717, 1.165) is 56.2 Å². The molecule has 4 bridgehead atoms. The average Bonchev–Trinajstić information content (AvgIpc) is 3.05. The highest BCUT2D eigenvalue weighted by molar-refractivity contribution is 5.92. The van der Waals surface area contributed by atoms with Crippen LogP contribution in [0, 0.1) is 17.3 Å². The maximum Gasteiger partial charge on any atom is 0.416 e. The number of fused-ring (bicyclic) bond motifs is 1. The number of carbonyl (C=O) groups excluding carboxylic acids is 2. The van der Waals surface area contributed by atoms with Gasteiger partial charge in [-0.3, -0.25) is 9.59 Å². The van der Waals surface area contributed by atoms with E-state index in [4.69, 9.17) is 14.2 Å². The van der Waals surface area contributed by atoms with Crippen molar-refractivity contribution in [2.24, 2.45) is 17.3 Å². The molecule has 248 valence electrons. The van der Waals surface area contributed by atoms with Gasteiger partial charge in [0.25, 0.3) is 5.91 Å². The van der Waals surface area contributed by atoms with Gasteiger partial charge in [-0.15, -0.1) is 0 Å². The van der Waals surface area contributed by atoms with Crippen LogP contribution in [0.25, 0.3) is 0 Å². The molecule has 4 aliphatic carbocycles. The van der Waals surface area contributed by atoms with Crippen LogP contribution in [0.15, 0.2) is 60.7 Å². The lowest BCUT2D eigenvalue weighted by atomic mass is 9.42. The number of ether oxygens (including phenoxy) is 3. The van der Waals surface area contributed by atoms with E-state index in [0.29, 0.717) is 42.2 Å². The Labute approximate surface area is 272 Å². The summed E-state index contributed by atoms with van der Waals surface area (Å²) in [6.45, 7) is 0.935. The number of nitrogens with one attached hydrogen (secondary N) is 1. The molecule has 3 aromatic rings. The van der Waals surface area contributed by atoms with Gasteiger partial charge in [-0.25, -0.2) is 0 Å². The highest BCUT2D eigenvalue weighted by atomic mass is 19.4. The van der Waals surface area contributed by atoms with Crippen LogP contribution in [0.2, 0.25) is 0 Å². The standard InChI is InChI=1S/C37H39F3N2O5/c1-45-31-13-25-10-11-42(20-26(25)14-32(31)46-2)34(44)36-18-23-12-24(19-36)17-35(16-23,22-36)27-6-8-30(9-7-27)47-21-33(43)41-29-5-3-4-28(15-29)37(38,39)40/h3-9,13-15,23-24H,10-12,16-22H2,1-2H3,(H,41,43). The van der Waals surface area contributed by atoms with Gasteiger partial charge in [0.05, 0.1) is 25.2 Å². The summed E-state index contributed by atoms with van der Waals surface area (Å²) < 4.78 is 55.8. The number of hydrogen-bond acceptors (Lipinski definition) is 5. The number of anilines is 1. The van der Waals surface area contributed by atoms with Gasteiger partial charge >= 0.3 is 6.18 Å². The lowest BCUT2D eigenvalue weighted by molar-refractivity contribution is -0.161. The molecule has 2 amide bonds. The van der Waals surface area contributed by atoms with Gasteiger partial charge in [0.2, 0.25) is 5.91 Å². The van der Waals surface area contributed by atoms with Crippen LogP contribution < -0.4 is 19.5 Å². The topological polar surface area (TPSA) is 77.1 Å². The van der Waals surface area contributed by atoms with Crippen LogP contribution in [0.3, 0.4) is 0 Å². The maximum atomic E-state index is 14.5. The van der Waals surface area contributed by atoms with Crippen molar-refractivity contribution in [3.05, 3.63) is 82.9 Å². The van der Waals surface area contributed by atoms with Crippen molar-refractivity contribution in [2.75, 3.05) is 32.7 Å². The fraction of sp³-hybridized carbons (Fsp3) is 0.459. The Bertz CT molecular complexity index is 1670. The van der Waals surface area contributed by atoms with E-state index in [2.05, 4.69) is 22.3 Å². The largest absolute Gasteiger partial charge is 0.493 e. The molecule has 0 spiro atoms. The highest BCUT2D eigenvalue weighted by Gasteiger charge is 2.61. The SMILES string of the molecule is COc1cc2c(cc1OC)CN(C(=O)C13CC4CC(C1)CC(c1ccc(OCC(=O)Nc5cccc(C(F)(F)F)c5)cc1)(C4)C3)CC2. The van der Waals surface area contributed by atoms with Gasteiger partial charge in [-0.1, -0.05) is 18.2 Å². The zero-order valence-corrected chi connectivity index (χ0v) is 26.6. The first-order valence-corrected chi connectivity index (χ1v) is 16.2. The number of carbonyl (C=O) groups is 2. The number of amides is 2. The van der Waals surface area contributed by atoms with Gasteiger partial charge in [0.1, 0.15) is 5.75 Å². The molecule has 2 atom stereocenters. The molecule has 0 radical (unpaired) electrons. The van der Waals surface area contributed by atoms with Gasteiger partial charge in [-0.2, -0.15) is 13.2 Å². The lowest BCUT2D eigenvalue weighted by Gasteiger charge is -2.62. The molecule has 10 heteroatoms. The summed E-state index contributed by atoms with van der Waals surface area (Å²) in [5, 5.41) is 2.47. The summed E-state index contributed by atoms with van der Waals surface area (Å²) in [5.41, 5.74) is 2.29. The second-order valence-corrected chi connectivity index (χ2v) is 13.9. The third kappa shape index (κ3) is 5.91. The van der Waals surface area contributed by atoms with Gasteiger partial charge in [0.15, 0.2) is 18.1 Å². The van der Waals surface area contributed by atoms with Crippen LogP contribution in [0.4, 0.5) is 18.9 Å². The number of hydrogen-bond donors (Lipinski definition) is 1. The van der Waals surface area contributed by atoms with Gasteiger partial charge < -0.3 is 24.4 Å². The van der Waals surface area contributed by atoms with E-state index in [1.165, 1.54) is 29.7 Å². The monoisotopic (exact) mass is 648 g/mol. The number of halogens is 3. The molecule has 8 rings (SSSR count). The van der Waals surface area contributed by atoms with E-state index in [9.17, 15) is 22.8 Å². The van der Waals surface area contributed by atoms with Crippen molar-refractivity contribution >= 4 is 17.5 Å². The Morgan fingerprint density at radius 3 is 2.26 bits per heavy atom. The summed E-state index contributed by atoms with van der Waals surface area (Å²) in [7, 11) is 3.27. The van der Waals surface area contributed by atoms with Crippen molar-refractivity contribution in [3.63, 3.8) is 0 Å². The molecule has 4 saturated carbocycles. The third-order valence-electron chi connectivity index (χ3n) is 10.8. The van der Waals surface area contributed by atoms with E-state index in [1.54, 1.807) is 14.2 Å². The van der Waals surface area contributed by atoms with Crippen molar-refractivity contribution in [1.29, 1.82) is 0 Å². The maximum absolute atomic E-state index is 14.5. The first kappa shape index (κ1) is 31.4. The molecule has 3 aromatic carbocycles. The zero-order chi connectivity index (χ0) is 33.0. The Hall–Kier alpha value is -4.21. The second-order valence-electron chi connectivity index (χ2n) is 13.9. The smallest absolute Gasteiger partial charge is 0.416 e. The minimum Gasteiger partial charge on any atom is -0.493 e. The fourth-order valence-electron chi connectivity index (χ4n) is 9.27. The van der Waals surface area contributed by atoms with Crippen LogP contribution in [0.5, 0.6) is 17.2 Å². The summed E-state index contributed by atoms with van der Waals surface area (Å²) in [6, 6.07) is 16.4. The fourth-order valence-corrected chi connectivity index (χ4v) is 9.27. The van der Waals surface area contributed by atoms with E-state index in [1.807, 2.05) is 24.3 Å². The van der Waals surface area contributed by atoms with Crippen LogP contribution in [-0.2, 0) is 34.1 Å². The summed E-state index contributed by atoms with van der Waals surface area (Å²) in [4.78, 5) is 29.0. The van der Waals surface area contributed by atoms with E-state index >= 15 is 0 Å². The molecule has 0 aromatic heterocycles. The minimum absolute atomic E-state index is 0.0581. The molecule has 4 fully saturated rings. The number of methoxy groups -OCH3 is 2. The summed E-state index contributed by atoms with van der Waals surface area (Å²) >= 11 is 0. The molecule has 1 aliphatic heterocycles. The highest BCUT2D eigenvalue weighted by Crippen LogP contribution is 2.66. The average molecular weight is 649 g/mol. The molecule has 0 saturated heterocycles. The Morgan fingerprint density at radius 1 is 0.915 bits per heavy atom. The second kappa shape index (κ2) is 11.8. The third-order valence-corrected chi connectivity index (χ3v) is 10.8. The quantitative estimate of drug-likeness (QED) is 0.281. The first-order valence-electron chi connectivity index (χ1n) is 16.2. The predicted octanol–water partition coefficient (Wildman–Crippen LogP) is 7.16. The summed E-state index contributed by atoms with van der Waals surface area (Å²) in [5.74, 6) is 2.65. The molecule has 7 nitrogen and oxygen atoms in total. The molecular formula is C37H39F3N2O5. The van der Waals surface area contributed by atoms with E-state index < -0.39 is 17.6 Å². The number of alkyl halides is 3. The normalized spacial score (nSPS) is 26.0. The lowest BCUT2D eigenvalue weighted by Crippen LogP contribution is -2.60. The number of nitrogens with zero attached hydrogens (tertiary/aromatic N) is 1. The van der Waals surface area contributed by atoms with Crippen molar-refractivity contribution in [3.8, 4) is 17.2 Å². The van der Waals surface area contributed by atoms with Gasteiger partial charge in [0, 0.05) is 18.8 Å². The predicted molar refractivity (Wildman–Crippen MR) is 169 cm³/mol. The van der Waals surface area contributed by atoms with Crippen molar-refractivity contribution in [2.45, 2.75) is 63.1 Å². The Morgan fingerprint density at radius 2 is 1.60 bits per heavy atom. The zero-order valence-electron chi connectivity index (χ0n) is 26.6. The number of benzene rings is 3. The Balaban J connectivity index is 1.03. The molecule has 2 unspecified atom stereocenters. The van der Waals surface area contributed by atoms with Crippen molar-refractivity contribution in [1.82, 2.24) is 4.90 Å². The van der Waals surface area contributed by atoms with Crippen LogP contribution in [0.1, 0.15) is 60.8 Å². The molecule has 1 heterocycles. The van der Waals surface area contributed by atoms with Gasteiger partial charge in [-0.05, 0) is 121 Å². The van der Waals surface area contributed by atoms with Crippen molar-refractivity contribution < 1.29 is 37.0 Å². The van der Waals surface area contributed by atoms with Crippen LogP contribution >= 0.6 is 0 Å². The van der Waals surface area contributed by atoms with E-state index in [-0.39, 0.29) is 29.0 Å². The molecule has 1 N–H and O–H groups in total. The Kier molecular flexibility index (Phi) is 7.88. The molecule has 5 aliphatic rings. The van der Waals surface area contributed by atoms with Crippen LogP contribution in [-0.4, -0.2) is 44.1 Å². The molecule has 47 heavy (non-hydrogen) atoms. The minimum atomic E-state index is -4.49. The first-order chi connectivity index (χ1) is 22.5.